The Morgan fingerprint density at radius 3 is 2.67 bits per heavy atom. The normalized spacial score (nSPS) is 19.0. The summed E-state index contributed by atoms with van der Waals surface area (Å²) in [6, 6.07) is 4.65. The van der Waals surface area contributed by atoms with Crippen molar-refractivity contribution in [3.05, 3.63) is 23.7 Å². The molecule has 1 fully saturated rings. The van der Waals surface area contributed by atoms with Crippen LogP contribution in [0.15, 0.2) is 16.5 Å². The molecule has 0 bridgehead atoms. The van der Waals surface area contributed by atoms with E-state index in [1.165, 1.54) is 44.9 Å². The van der Waals surface area contributed by atoms with Crippen LogP contribution in [0, 0.1) is 5.92 Å². The third-order valence-corrected chi connectivity index (χ3v) is 4.31. The molecule has 102 valence electrons. The summed E-state index contributed by atoms with van der Waals surface area (Å²) < 4.78 is 5.86. The van der Waals surface area contributed by atoms with Gasteiger partial charge in [0.2, 0.25) is 0 Å². The highest BCUT2D eigenvalue weighted by Crippen LogP contribution is 2.30. The van der Waals surface area contributed by atoms with Crippen LogP contribution in [0.3, 0.4) is 0 Å². The number of nitrogens with one attached hydrogen (secondary N) is 1. The minimum absolute atomic E-state index is 0.396. The fourth-order valence-corrected chi connectivity index (χ4v) is 3.08. The zero-order valence-corrected chi connectivity index (χ0v) is 11.9. The first-order valence-electron chi connectivity index (χ1n) is 7.59. The maximum absolute atomic E-state index is 5.86. The molecule has 1 N–H and O–H groups in total. The predicted octanol–water partition coefficient (Wildman–Crippen LogP) is 4.46. The third kappa shape index (κ3) is 3.61. The van der Waals surface area contributed by atoms with Gasteiger partial charge in [0, 0.05) is 6.42 Å². The van der Waals surface area contributed by atoms with Crippen LogP contribution in [0.5, 0.6) is 0 Å². The average molecular weight is 249 g/mol. The van der Waals surface area contributed by atoms with E-state index in [1.54, 1.807) is 0 Å². The van der Waals surface area contributed by atoms with E-state index >= 15 is 0 Å². The van der Waals surface area contributed by atoms with Gasteiger partial charge in [-0.2, -0.15) is 0 Å². The van der Waals surface area contributed by atoms with Crippen LogP contribution in [-0.4, -0.2) is 7.05 Å². The van der Waals surface area contributed by atoms with Gasteiger partial charge in [-0.05, 0) is 37.9 Å². The van der Waals surface area contributed by atoms with Crippen LogP contribution in [-0.2, 0) is 6.42 Å². The van der Waals surface area contributed by atoms with Crippen LogP contribution >= 0.6 is 0 Å². The molecule has 1 unspecified atom stereocenters. The molecule has 2 rings (SSSR count). The second kappa shape index (κ2) is 6.98. The molecule has 0 radical (unpaired) electrons. The number of rotatable bonds is 6. The third-order valence-electron chi connectivity index (χ3n) is 4.31. The number of furan rings is 1. The number of hydrogen-bond acceptors (Lipinski definition) is 2. The van der Waals surface area contributed by atoms with Gasteiger partial charge in [0.1, 0.15) is 11.5 Å². The van der Waals surface area contributed by atoms with E-state index in [9.17, 15) is 0 Å². The standard InChI is InChI=1S/C16H27NO/c1-3-14-10-12-16(18-14)15(17-2)11-9-13-7-5-4-6-8-13/h10,12-13,15,17H,3-9,11H2,1-2H3. The summed E-state index contributed by atoms with van der Waals surface area (Å²) >= 11 is 0. The molecule has 1 aliphatic carbocycles. The van der Waals surface area contributed by atoms with Gasteiger partial charge in [-0.15, -0.1) is 0 Å². The first kappa shape index (κ1) is 13.7. The van der Waals surface area contributed by atoms with E-state index in [0.717, 1.165) is 23.9 Å². The molecule has 0 saturated heterocycles. The summed E-state index contributed by atoms with van der Waals surface area (Å²) in [6.45, 7) is 2.14. The maximum atomic E-state index is 5.86. The summed E-state index contributed by atoms with van der Waals surface area (Å²) in [5.74, 6) is 3.17. The highest BCUT2D eigenvalue weighted by atomic mass is 16.3. The Morgan fingerprint density at radius 1 is 1.28 bits per heavy atom. The topological polar surface area (TPSA) is 25.2 Å². The van der Waals surface area contributed by atoms with Crippen molar-refractivity contribution in [1.29, 1.82) is 0 Å². The number of aryl methyl sites for hydroxylation is 1. The van der Waals surface area contributed by atoms with Crippen molar-refractivity contribution in [3.8, 4) is 0 Å². The Labute approximate surface area is 111 Å². The Kier molecular flexibility index (Phi) is 5.30. The van der Waals surface area contributed by atoms with E-state index in [-0.39, 0.29) is 0 Å². The summed E-state index contributed by atoms with van der Waals surface area (Å²) in [6.07, 6.45) is 10.7. The van der Waals surface area contributed by atoms with Gasteiger partial charge in [-0.1, -0.05) is 39.0 Å². The Morgan fingerprint density at radius 2 is 2.06 bits per heavy atom. The summed E-state index contributed by atoms with van der Waals surface area (Å²) in [4.78, 5) is 0. The van der Waals surface area contributed by atoms with E-state index in [0.29, 0.717) is 6.04 Å². The molecular formula is C16H27NO. The molecule has 0 amide bonds. The Hall–Kier alpha value is -0.760. The first-order chi connectivity index (χ1) is 8.83. The highest BCUT2D eigenvalue weighted by Gasteiger charge is 2.18. The van der Waals surface area contributed by atoms with Crippen molar-refractivity contribution in [2.45, 2.75) is 64.3 Å². The lowest BCUT2D eigenvalue weighted by Crippen LogP contribution is -2.17. The van der Waals surface area contributed by atoms with Gasteiger partial charge in [0.05, 0.1) is 6.04 Å². The lowest BCUT2D eigenvalue weighted by Gasteiger charge is -2.23. The van der Waals surface area contributed by atoms with Gasteiger partial charge in [-0.3, -0.25) is 0 Å². The fraction of sp³-hybridized carbons (Fsp3) is 0.750. The molecule has 0 aromatic carbocycles. The largest absolute Gasteiger partial charge is 0.464 e. The zero-order valence-electron chi connectivity index (χ0n) is 11.9. The van der Waals surface area contributed by atoms with Crippen LogP contribution in [0.4, 0.5) is 0 Å². The quantitative estimate of drug-likeness (QED) is 0.805. The predicted molar refractivity (Wildman–Crippen MR) is 75.7 cm³/mol. The second-order valence-electron chi connectivity index (χ2n) is 5.58. The average Bonchev–Trinajstić information content (AvgIpc) is 2.89. The minimum atomic E-state index is 0.396. The molecule has 0 spiro atoms. The molecule has 18 heavy (non-hydrogen) atoms. The molecule has 1 aliphatic rings. The molecule has 1 heterocycles. The Bertz CT molecular complexity index is 339. The second-order valence-corrected chi connectivity index (χ2v) is 5.58. The van der Waals surface area contributed by atoms with Gasteiger partial charge in [-0.25, -0.2) is 0 Å². The van der Waals surface area contributed by atoms with Crippen LogP contribution in [0.1, 0.15) is 69.4 Å². The Balaban J connectivity index is 1.84. The molecule has 2 heteroatoms. The zero-order chi connectivity index (χ0) is 12.8. The molecule has 1 aromatic rings. The lowest BCUT2D eigenvalue weighted by molar-refractivity contribution is 0.304. The van der Waals surface area contributed by atoms with Crippen LogP contribution < -0.4 is 5.32 Å². The van der Waals surface area contributed by atoms with Crippen molar-refractivity contribution in [3.63, 3.8) is 0 Å². The van der Waals surface area contributed by atoms with Crippen molar-refractivity contribution in [2.24, 2.45) is 5.92 Å². The van der Waals surface area contributed by atoms with E-state index in [4.69, 9.17) is 4.42 Å². The van der Waals surface area contributed by atoms with Gasteiger partial charge >= 0.3 is 0 Å². The summed E-state index contributed by atoms with van der Waals surface area (Å²) in [5, 5.41) is 3.40. The molecular weight excluding hydrogens is 222 g/mol. The lowest BCUT2D eigenvalue weighted by atomic mass is 9.85. The monoisotopic (exact) mass is 249 g/mol. The summed E-state index contributed by atoms with van der Waals surface area (Å²) in [7, 11) is 2.04. The van der Waals surface area contributed by atoms with Crippen molar-refractivity contribution >= 4 is 0 Å². The SMILES string of the molecule is CCc1ccc(C(CCC2CCCCC2)NC)o1. The van der Waals surface area contributed by atoms with Crippen LogP contribution in [0.2, 0.25) is 0 Å². The smallest absolute Gasteiger partial charge is 0.121 e. The van der Waals surface area contributed by atoms with E-state index in [1.807, 2.05) is 7.05 Å². The fourth-order valence-electron chi connectivity index (χ4n) is 3.08. The van der Waals surface area contributed by atoms with Crippen molar-refractivity contribution < 1.29 is 4.42 Å². The minimum Gasteiger partial charge on any atom is -0.464 e. The maximum Gasteiger partial charge on any atom is 0.121 e. The molecule has 1 aromatic heterocycles. The van der Waals surface area contributed by atoms with E-state index in [2.05, 4.69) is 24.4 Å². The number of hydrogen-bond donors (Lipinski definition) is 1. The van der Waals surface area contributed by atoms with Gasteiger partial charge in [0.15, 0.2) is 0 Å². The van der Waals surface area contributed by atoms with Gasteiger partial charge in [0.25, 0.3) is 0 Å². The molecule has 0 aliphatic heterocycles. The first-order valence-corrected chi connectivity index (χ1v) is 7.59. The highest BCUT2D eigenvalue weighted by molar-refractivity contribution is 5.10. The summed E-state index contributed by atoms with van der Waals surface area (Å²) in [5.41, 5.74) is 0. The molecule has 1 atom stereocenters. The van der Waals surface area contributed by atoms with Crippen molar-refractivity contribution in [2.75, 3.05) is 7.05 Å². The van der Waals surface area contributed by atoms with Crippen molar-refractivity contribution in [1.82, 2.24) is 5.32 Å². The molecule has 2 nitrogen and oxygen atoms in total. The van der Waals surface area contributed by atoms with Gasteiger partial charge < -0.3 is 9.73 Å². The van der Waals surface area contributed by atoms with Crippen LogP contribution in [0.25, 0.3) is 0 Å². The van der Waals surface area contributed by atoms with E-state index < -0.39 is 0 Å². The molecule has 1 saturated carbocycles.